The van der Waals surface area contributed by atoms with E-state index in [0.29, 0.717) is 17.2 Å². The topological polar surface area (TPSA) is 81.7 Å². The van der Waals surface area contributed by atoms with Gasteiger partial charge in [0.1, 0.15) is 11.5 Å². The van der Waals surface area contributed by atoms with E-state index in [2.05, 4.69) is 15.0 Å². The number of aliphatic imine (C=N–C) groups is 1. The highest BCUT2D eigenvalue weighted by Gasteiger charge is 2.30. The quantitative estimate of drug-likeness (QED) is 0.868. The molecule has 0 bridgehead atoms. The summed E-state index contributed by atoms with van der Waals surface area (Å²) in [6.07, 6.45) is 1.72. The molecule has 0 radical (unpaired) electrons. The van der Waals surface area contributed by atoms with Gasteiger partial charge in [0.2, 0.25) is 5.95 Å². The Morgan fingerprint density at radius 1 is 1.12 bits per heavy atom. The van der Waals surface area contributed by atoms with Gasteiger partial charge in [-0.05, 0) is 37.6 Å². The predicted octanol–water partition coefficient (Wildman–Crippen LogP) is 1.95. The Kier molecular flexibility index (Phi) is 4.22. The average molecular weight is 337 g/mol. The summed E-state index contributed by atoms with van der Waals surface area (Å²) < 4.78 is 0. The summed E-state index contributed by atoms with van der Waals surface area (Å²) in [5.41, 5.74) is 2.48. The Balaban J connectivity index is 1.93. The van der Waals surface area contributed by atoms with E-state index in [0.717, 1.165) is 11.3 Å². The van der Waals surface area contributed by atoms with Crippen LogP contribution in [0.5, 0.6) is 0 Å². The first kappa shape index (κ1) is 16.6. The minimum Gasteiger partial charge on any atom is -0.378 e. The molecule has 128 valence electrons. The Morgan fingerprint density at radius 3 is 2.40 bits per heavy atom. The number of nitrogens with one attached hydrogen (secondary N) is 1. The third kappa shape index (κ3) is 3.35. The molecule has 1 aromatic carbocycles. The third-order valence-corrected chi connectivity index (χ3v) is 3.81. The van der Waals surface area contributed by atoms with E-state index in [1.54, 1.807) is 19.9 Å². The number of carbonyl (C=O) groups is 1. The van der Waals surface area contributed by atoms with Crippen molar-refractivity contribution >= 4 is 29.5 Å². The SMILES string of the molecule is CC1=N/C(=C/c2ccc(N(C)C)cc2)C(=O)N1c1nc(C)cc(=O)[nH]1. The maximum atomic E-state index is 12.7. The van der Waals surface area contributed by atoms with Crippen molar-refractivity contribution in [3.05, 3.63) is 57.6 Å². The van der Waals surface area contributed by atoms with Crippen molar-refractivity contribution in [3.63, 3.8) is 0 Å². The van der Waals surface area contributed by atoms with Crippen LogP contribution in [0, 0.1) is 6.92 Å². The first-order valence-corrected chi connectivity index (χ1v) is 7.82. The van der Waals surface area contributed by atoms with E-state index in [1.807, 2.05) is 43.3 Å². The number of aromatic nitrogens is 2. The van der Waals surface area contributed by atoms with Crippen molar-refractivity contribution in [3.8, 4) is 0 Å². The first-order chi connectivity index (χ1) is 11.8. The van der Waals surface area contributed by atoms with Crippen LogP contribution < -0.4 is 15.4 Å². The molecule has 7 heteroatoms. The van der Waals surface area contributed by atoms with Crippen LogP contribution in [0.25, 0.3) is 6.08 Å². The fraction of sp³-hybridized carbons (Fsp3) is 0.222. The molecule has 0 aliphatic carbocycles. The van der Waals surface area contributed by atoms with Crippen molar-refractivity contribution in [2.24, 2.45) is 4.99 Å². The minimum atomic E-state index is -0.317. The van der Waals surface area contributed by atoms with E-state index < -0.39 is 0 Å². The number of anilines is 2. The highest BCUT2D eigenvalue weighted by Crippen LogP contribution is 2.22. The second-order valence-corrected chi connectivity index (χ2v) is 6.03. The number of hydrogen-bond donors (Lipinski definition) is 1. The number of nitrogens with zero attached hydrogens (tertiary/aromatic N) is 4. The molecule has 0 spiro atoms. The molecule has 2 aromatic rings. The van der Waals surface area contributed by atoms with Gasteiger partial charge in [0.15, 0.2) is 0 Å². The summed E-state index contributed by atoms with van der Waals surface area (Å²) in [6, 6.07) is 9.17. The van der Waals surface area contributed by atoms with Gasteiger partial charge in [-0.1, -0.05) is 12.1 Å². The molecular weight excluding hydrogens is 318 g/mol. The van der Waals surface area contributed by atoms with Crippen LogP contribution in [0.4, 0.5) is 11.6 Å². The van der Waals surface area contributed by atoms with Crippen LogP contribution >= 0.6 is 0 Å². The summed E-state index contributed by atoms with van der Waals surface area (Å²) >= 11 is 0. The lowest BCUT2D eigenvalue weighted by molar-refractivity contribution is -0.113. The minimum absolute atomic E-state index is 0.183. The van der Waals surface area contributed by atoms with Crippen LogP contribution in [0.15, 0.2) is 45.8 Å². The Morgan fingerprint density at radius 2 is 1.80 bits per heavy atom. The van der Waals surface area contributed by atoms with Gasteiger partial charge >= 0.3 is 0 Å². The smallest absolute Gasteiger partial charge is 0.284 e. The van der Waals surface area contributed by atoms with E-state index in [-0.39, 0.29) is 17.4 Å². The fourth-order valence-electron chi connectivity index (χ4n) is 2.57. The molecular formula is C18H19N5O2. The summed E-state index contributed by atoms with van der Waals surface area (Å²) in [5, 5.41) is 0. The number of aromatic amines is 1. The lowest BCUT2D eigenvalue weighted by Crippen LogP contribution is -2.33. The number of amidine groups is 1. The molecule has 3 rings (SSSR count). The van der Waals surface area contributed by atoms with Gasteiger partial charge < -0.3 is 4.90 Å². The molecule has 0 unspecified atom stereocenters. The van der Waals surface area contributed by atoms with Gasteiger partial charge in [0.25, 0.3) is 11.5 Å². The maximum absolute atomic E-state index is 12.7. The number of benzene rings is 1. The van der Waals surface area contributed by atoms with Gasteiger partial charge in [0, 0.05) is 31.5 Å². The van der Waals surface area contributed by atoms with Crippen LogP contribution in [-0.2, 0) is 4.79 Å². The molecule has 1 N–H and O–H groups in total. The molecule has 0 saturated heterocycles. The molecule has 2 heterocycles. The fourth-order valence-corrected chi connectivity index (χ4v) is 2.57. The standard InChI is InChI=1S/C18H19N5O2/c1-11-9-16(24)21-18(19-11)23-12(2)20-15(17(23)25)10-13-5-7-14(8-6-13)22(3)4/h5-10H,1-4H3,(H,19,21,24)/b15-10+. The van der Waals surface area contributed by atoms with Crippen molar-refractivity contribution in [1.82, 2.24) is 9.97 Å². The summed E-state index contributed by atoms with van der Waals surface area (Å²) in [6.45, 7) is 3.41. The number of aryl methyl sites for hydroxylation is 1. The highest BCUT2D eigenvalue weighted by molar-refractivity contribution is 6.27. The number of rotatable bonds is 3. The summed E-state index contributed by atoms with van der Waals surface area (Å²) in [7, 11) is 3.93. The Bertz CT molecular complexity index is 939. The molecule has 0 fully saturated rings. The number of carbonyl (C=O) groups excluding carboxylic acids is 1. The van der Waals surface area contributed by atoms with Crippen LogP contribution in [0.3, 0.4) is 0 Å². The van der Waals surface area contributed by atoms with E-state index >= 15 is 0 Å². The van der Waals surface area contributed by atoms with Gasteiger partial charge in [-0.15, -0.1) is 0 Å². The monoisotopic (exact) mass is 337 g/mol. The van der Waals surface area contributed by atoms with Crippen molar-refractivity contribution in [2.75, 3.05) is 23.9 Å². The average Bonchev–Trinajstić information content (AvgIpc) is 2.81. The van der Waals surface area contributed by atoms with Crippen molar-refractivity contribution < 1.29 is 4.79 Å². The number of amides is 1. The van der Waals surface area contributed by atoms with Crippen LogP contribution in [0.2, 0.25) is 0 Å². The summed E-state index contributed by atoms with van der Waals surface area (Å²) in [5.74, 6) is 0.334. The Hall–Kier alpha value is -3.22. The number of hydrogen-bond acceptors (Lipinski definition) is 5. The predicted molar refractivity (Wildman–Crippen MR) is 98.9 cm³/mol. The number of H-pyrrole nitrogens is 1. The van der Waals surface area contributed by atoms with Crippen molar-refractivity contribution in [2.45, 2.75) is 13.8 Å². The zero-order valence-corrected chi connectivity index (χ0v) is 14.6. The molecule has 1 amide bonds. The molecule has 0 saturated carbocycles. The lowest BCUT2D eigenvalue weighted by Gasteiger charge is -2.14. The van der Waals surface area contributed by atoms with E-state index in [1.165, 1.54) is 11.0 Å². The highest BCUT2D eigenvalue weighted by atomic mass is 16.2. The lowest BCUT2D eigenvalue weighted by atomic mass is 10.1. The summed E-state index contributed by atoms with van der Waals surface area (Å²) in [4.78, 5) is 38.8. The van der Waals surface area contributed by atoms with Crippen LogP contribution in [-0.4, -0.2) is 35.8 Å². The molecule has 1 aromatic heterocycles. The zero-order chi connectivity index (χ0) is 18.1. The van der Waals surface area contributed by atoms with Gasteiger partial charge in [-0.3, -0.25) is 14.6 Å². The second-order valence-electron chi connectivity index (χ2n) is 6.03. The Labute approximate surface area is 145 Å². The van der Waals surface area contributed by atoms with E-state index in [4.69, 9.17) is 0 Å². The third-order valence-electron chi connectivity index (χ3n) is 3.81. The zero-order valence-electron chi connectivity index (χ0n) is 14.6. The van der Waals surface area contributed by atoms with Gasteiger partial charge in [-0.2, -0.15) is 0 Å². The molecule has 0 atom stereocenters. The molecule has 25 heavy (non-hydrogen) atoms. The molecule has 1 aliphatic rings. The maximum Gasteiger partial charge on any atom is 0.284 e. The first-order valence-electron chi connectivity index (χ1n) is 7.82. The normalized spacial score (nSPS) is 15.7. The van der Waals surface area contributed by atoms with E-state index in [9.17, 15) is 9.59 Å². The van der Waals surface area contributed by atoms with Crippen molar-refractivity contribution in [1.29, 1.82) is 0 Å². The molecule has 1 aliphatic heterocycles. The van der Waals surface area contributed by atoms with Gasteiger partial charge in [-0.25, -0.2) is 14.9 Å². The largest absolute Gasteiger partial charge is 0.378 e. The van der Waals surface area contributed by atoms with Gasteiger partial charge in [0.05, 0.1) is 0 Å². The van der Waals surface area contributed by atoms with Crippen LogP contribution in [0.1, 0.15) is 18.2 Å². The second kappa shape index (κ2) is 6.35. The molecule has 7 nitrogen and oxygen atoms in total.